The Morgan fingerprint density at radius 3 is 1.75 bits per heavy atom. The molecule has 0 saturated carbocycles. The van der Waals surface area contributed by atoms with Gasteiger partial charge in [0.05, 0.1) is 22.5 Å². The number of hydrogen-bond acceptors (Lipinski definition) is 6. The molecule has 0 saturated heterocycles. The summed E-state index contributed by atoms with van der Waals surface area (Å²) in [5, 5.41) is 21.5. The summed E-state index contributed by atoms with van der Waals surface area (Å²) in [7, 11) is 0. The van der Waals surface area contributed by atoms with Crippen molar-refractivity contribution in [2.75, 3.05) is 9.80 Å². The number of hydrogen-bond donors (Lipinski definition) is 0. The fourth-order valence-corrected chi connectivity index (χ4v) is 9.58. The van der Waals surface area contributed by atoms with Crippen molar-refractivity contribution in [3.05, 3.63) is 227 Å². The maximum atomic E-state index is 10.7. The first-order valence-electron chi connectivity index (χ1n) is 20.4. The molecule has 2 heterocycles. The monoisotopic (exact) mass is 772 g/mol. The van der Waals surface area contributed by atoms with E-state index in [0.717, 1.165) is 68.7 Å². The smallest absolute Gasteiger partial charge is 0.137 e. The molecule has 0 amide bonds. The lowest BCUT2D eigenvalue weighted by atomic mass is 9.56. The van der Waals surface area contributed by atoms with Crippen molar-refractivity contribution in [2.45, 2.75) is 20.3 Å². The van der Waals surface area contributed by atoms with Crippen LogP contribution in [-0.2, 0) is 0 Å². The molecule has 10 rings (SSSR count). The second-order valence-corrected chi connectivity index (χ2v) is 15.9. The average molecular weight is 773 g/mol. The van der Waals surface area contributed by atoms with Crippen LogP contribution >= 0.6 is 0 Å². The zero-order valence-electron chi connectivity index (χ0n) is 33.4. The molecule has 6 heteroatoms. The number of nitrogens with zero attached hydrogens (tertiary/aromatic N) is 6. The summed E-state index contributed by atoms with van der Waals surface area (Å²) in [6, 6.07) is 49.7. The van der Waals surface area contributed by atoms with Gasteiger partial charge < -0.3 is 0 Å². The molecule has 3 unspecified atom stereocenters. The third-order valence-corrected chi connectivity index (χ3v) is 12.4. The van der Waals surface area contributed by atoms with E-state index in [0.29, 0.717) is 11.1 Å². The zero-order valence-corrected chi connectivity index (χ0v) is 33.4. The molecule has 4 aliphatic carbocycles. The summed E-state index contributed by atoms with van der Waals surface area (Å²) in [4.78, 5) is 14.2. The van der Waals surface area contributed by atoms with Crippen molar-refractivity contribution >= 4 is 23.0 Å². The van der Waals surface area contributed by atoms with Crippen LogP contribution in [0, 0.1) is 39.9 Å². The van der Waals surface area contributed by atoms with Crippen molar-refractivity contribution in [2.24, 2.45) is 17.3 Å². The Kier molecular flexibility index (Phi) is 9.04. The molecule has 3 atom stereocenters. The average Bonchev–Trinajstić information content (AvgIpc) is 3.31. The first kappa shape index (κ1) is 36.5. The molecule has 286 valence electrons. The van der Waals surface area contributed by atoms with Crippen LogP contribution in [0.1, 0.15) is 31.4 Å². The molecule has 0 N–H and O–H groups in total. The van der Waals surface area contributed by atoms with Gasteiger partial charge in [-0.2, -0.15) is 10.5 Å². The molecule has 60 heavy (non-hydrogen) atoms. The second-order valence-electron chi connectivity index (χ2n) is 15.9. The Labute approximate surface area is 351 Å². The summed E-state index contributed by atoms with van der Waals surface area (Å²) < 4.78 is 0. The van der Waals surface area contributed by atoms with E-state index in [9.17, 15) is 10.5 Å². The number of rotatable bonds is 8. The second kappa shape index (κ2) is 14.9. The minimum atomic E-state index is -0.533. The maximum Gasteiger partial charge on any atom is 0.137 e. The Morgan fingerprint density at radius 2 is 1.18 bits per heavy atom. The molecular formula is C54H40N6. The van der Waals surface area contributed by atoms with E-state index in [2.05, 4.69) is 121 Å². The number of allylic oxidation sites excluding steroid dienone is 11. The topological polar surface area (TPSA) is 79.8 Å². The highest BCUT2D eigenvalue weighted by Crippen LogP contribution is 2.60. The van der Waals surface area contributed by atoms with Crippen molar-refractivity contribution in [3.63, 3.8) is 0 Å². The molecular weight excluding hydrogens is 733 g/mol. The molecule has 4 aromatic carbocycles. The largest absolute Gasteiger partial charge is 0.297 e. The highest BCUT2D eigenvalue weighted by molar-refractivity contribution is 5.82. The summed E-state index contributed by atoms with van der Waals surface area (Å²) in [6.45, 7) is 4.63. The molecule has 0 bridgehead atoms. The van der Waals surface area contributed by atoms with Crippen LogP contribution < -0.4 is 9.80 Å². The molecule has 0 radical (unpaired) electrons. The van der Waals surface area contributed by atoms with Gasteiger partial charge in [0.25, 0.3) is 0 Å². The molecule has 0 aliphatic heterocycles. The van der Waals surface area contributed by atoms with E-state index in [1.54, 1.807) is 0 Å². The molecule has 0 spiro atoms. The lowest BCUT2D eigenvalue weighted by molar-refractivity contribution is 0.376. The van der Waals surface area contributed by atoms with Gasteiger partial charge in [0.2, 0.25) is 0 Å². The summed E-state index contributed by atoms with van der Waals surface area (Å²) in [5.74, 6) is 1.65. The predicted octanol–water partition coefficient (Wildman–Crippen LogP) is 12.7. The summed E-state index contributed by atoms with van der Waals surface area (Å²) in [5.41, 5.74) is 13.4. The fourth-order valence-electron chi connectivity index (χ4n) is 9.58. The lowest BCUT2D eigenvalue weighted by Crippen LogP contribution is -2.43. The number of benzene rings is 4. The Bertz CT molecular complexity index is 2940. The highest BCUT2D eigenvalue weighted by Gasteiger charge is 2.50. The van der Waals surface area contributed by atoms with Crippen molar-refractivity contribution in [1.29, 1.82) is 10.5 Å². The first-order chi connectivity index (χ1) is 29.5. The standard InChI is InChI=1S/C54H40N6/c1-36-31-48(59(50-17-9-11-29-57-50)46-24-20-40(32-42(46)34-55)37-13-5-3-6-14-37)45-23-19-39-22-26-49(54(2)28-27-44(36)52(45)53(39)54)60(51-18-10-12-30-58-51)47-25-21-41(33-43(47)35-56)38-15-7-4-8-16-38/h3-30,32-33,36,53H,31H2,1-2H3. The predicted molar refractivity (Wildman–Crippen MR) is 240 cm³/mol. The van der Waals surface area contributed by atoms with Crippen LogP contribution in [0.5, 0.6) is 0 Å². The maximum absolute atomic E-state index is 10.7. The van der Waals surface area contributed by atoms with E-state index in [-0.39, 0.29) is 11.8 Å². The van der Waals surface area contributed by atoms with Gasteiger partial charge in [-0.3, -0.25) is 9.80 Å². The molecule has 6 nitrogen and oxygen atoms in total. The Hall–Kier alpha value is -7.80. The van der Waals surface area contributed by atoms with Crippen molar-refractivity contribution in [3.8, 4) is 34.4 Å². The third-order valence-electron chi connectivity index (χ3n) is 12.4. The summed E-state index contributed by atoms with van der Waals surface area (Å²) >= 11 is 0. The third kappa shape index (κ3) is 6.01. The SMILES string of the molecule is CC1CC(N(c2ccccn2)c2ccc(-c3ccccc3)cc2C#N)=C2C=CC3=CC=C(N(c4ccccn4)c4ccc(-c5ccccc5)cc4C#N)C4(C)C=CC1=C2C34. The number of nitriles is 2. The summed E-state index contributed by atoms with van der Waals surface area (Å²) in [6.07, 6.45) is 18.1. The van der Waals surface area contributed by atoms with Gasteiger partial charge in [0, 0.05) is 35.1 Å². The van der Waals surface area contributed by atoms with Crippen LogP contribution in [0.25, 0.3) is 22.3 Å². The van der Waals surface area contributed by atoms with E-state index in [1.165, 1.54) is 16.7 Å². The van der Waals surface area contributed by atoms with Gasteiger partial charge in [-0.05, 0) is 118 Å². The van der Waals surface area contributed by atoms with Crippen molar-refractivity contribution < 1.29 is 0 Å². The minimum Gasteiger partial charge on any atom is -0.297 e. The fraction of sp³-hybridized carbons (Fsp3) is 0.111. The molecule has 0 fully saturated rings. The van der Waals surface area contributed by atoms with Gasteiger partial charge in [-0.1, -0.05) is 122 Å². The minimum absolute atomic E-state index is 0.0305. The van der Waals surface area contributed by atoms with E-state index >= 15 is 0 Å². The van der Waals surface area contributed by atoms with Gasteiger partial charge in [-0.25, -0.2) is 9.97 Å². The van der Waals surface area contributed by atoms with E-state index in [1.807, 2.05) is 97.3 Å². The quantitative estimate of drug-likeness (QED) is 0.153. The Balaban J connectivity index is 1.13. The van der Waals surface area contributed by atoms with E-state index < -0.39 is 5.41 Å². The Morgan fingerprint density at radius 1 is 0.617 bits per heavy atom. The van der Waals surface area contributed by atoms with E-state index in [4.69, 9.17) is 9.97 Å². The van der Waals surface area contributed by atoms with Gasteiger partial charge >= 0.3 is 0 Å². The molecule has 4 aliphatic rings. The highest BCUT2D eigenvalue weighted by atomic mass is 15.2. The van der Waals surface area contributed by atoms with Gasteiger partial charge in [0.15, 0.2) is 0 Å². The molecule has 2 aromatic heterocycles. The first-order valence-corrected chi connectivity index (χ1v) is 20.4. The number of pyridine rings is 2. The van der Waals surface area contributed by atoms with Crippen LogP contribution in [0.4, 0.5) is 23.0 Å². The molecule has 6 aromatic rings. The van der Waals surface area contributed by atoms with Crippen LogP contribution in [0.15, 0.2) is 216 Å². The lowest BCUT2D eigenvalue weighted by Gasteiger charge is -2.51. The van der Waals surface area contributed by atoms with Crippen molar-refractivity contribution in [1.82, 2.24) is 9.97 Å². The van der Waals surface area contributed by atoms with Crippen LogP contribution in [-0.4, -0.2) is 9.97 Å². The van der Waals surface area contributed by atoms with Gasteiger partial charge in [0.1, 0.15) is 23.8 Å². The number of anilines is 4. The van der Waals surface area contributed by atoms with Crippen LogP contribution in [0.2, 0.25) is 0 Å². The van der Waals surface area contributed by atoms with Gasteiger partial charge in [-0.15, -0.1) is 0 Å². The normalized spacial score (nSPS) is 19.7. The number of aromatic nitrogens is 2. The van der Waals surface area contributed by atoms with Crippen LogP contribution in [0.3, 0.4) is 0 Å². The zero-order chi connectivity index (χ0) is 40.8.